The molecule has 1 aromatic carbocycles. The summed E-state index contributed by atoms with van der Waals surface area (Å²) in [5.41, 5.74) is -0.240. The molecule has 1 fully saturated rings. The molecule has 2 heterocycles. The summed E-state index contributed by atoms with van der Waals surface area (Å²) in [6.07, 6.45) is -3.82. The van der Waals surface area contributed by atoms with Gasteiger partial charge in [-0.2, -0.15) is 0 Å². The summed E-state index contributed by atoms with van der Waals surface area (Å²) in [5.74, 6) is -5.14. The van der Waals surface area contributed by atoms with Crippen LogP contribution in [0.5, 0.6) is 11.5 Å². The summed E-state index contributed by atoms with van der Waals surface area (Å²) in [6.45, 7) is 4.22. The number of carboxylic acids is 2. The lowest BCUT2D eigenvalue weighted by Gasteiger charge is -2.61. The number of hydrogen-bond acceptors (Lipinski definition) is 12. The van der Waals surface area contributed by atoms with E-state index in [1.165, 1.54) is 6.07 Å². The van der Waals surface area contributed by atoms with Crippen molar-refractivity contribution < 1.29 is 63.8 Å². The third kappa shape index (κ3) is 7.40. The van der Waals surface area contributed by atoms with Crippen molar-refractivity contribution in [3.8, 4) is 11.5 Å². The zero-order chi connectivity index (χ0) is 36.3. The van der Waals surface area contributed by atoms with Gasteiger partial charge in [-0.05, 0) is 58.0 Å². The summed E-state index contributed by atoms with van der Waals surface area (Å²) in [6, 6.07) is 3.06. The lowest BCUT2D eigenvalue weighted by atomic mass is 9.46. The maximum absolute atomic E-state index is 13.7. The highest BCUT2D eigenvalue weighted by atomic mass is 16.6. The van der Waals surface area contributed by atoms with Crippen molar-refractivity contribution in [1.82, 2.24) is 15.5 Å². The van der Waals surface area contributed by atoms with E-state index in [4.69, 9.17) is 19.7 Å². The van der Waals surface area contributed by atoms with Crippen molar-refractivity contribution in [3.05, 3.63) is 35.1 Å². The average molecular weight is 690 g/mol. The number of nitrogens with zero attached hydrogens (tertiary/aromatic N) is 1. The van der Waals surface area contributed by atoms with Gasteiger partial charge in [0.25, 0.3) is 0 Å². The number of aliphatic carboxylic acids is 2. The number of fused-ring (bicyclic) bond motifs is 1. The Balaban J connectivity index is 1.59. The van der Waals surface area contributed by atoms with Crippen LogP contribution >= 0.6 is 0 Å². The Kier molecular flexibility index (Phi) is 11.4. The number of carbonyl (C=O) groups excluding carboxylic acids is 4. The van der Waals surface area contributed by atoms with Gasteiger partial charge in [0.05, 0.1) is 24.7 Å². The van der Waals surface area contributed by atoms with Crippen molar-refractivity contribution in [1.29, 1.82) is 0 Å². The van der Waals surface area contributed by atoms with Gasteiger partial charge < -0.3 is 50.5 Å². The first-order chi connectivity index (χ1) is 23.0. The van der Waals surface area contributed by atoms with E-state index < -0.39 is 71.7 Å². The number of aliphatic hydroxyl groups is 2. The Bertz CT molecular complexity index is 1540. The molecule has 1 saturated heterocycles. The van der Waals surface area contributed by atoms with Gasteiger partial charge in [-0.15, -0.1) is 0 Å². The van der Waals surface area contributed by atoms with E-state index in [2.05, 4.69) is 15.5 Å². The van der Waals surface area contributed by atoms with E-state index in [9.17, 15) is 44.1 Å². The smallest absolute Gasteiger partial charge is 0.333 e. The third-order valence-electron chi connectivity index (χ3n) is 10.1. The number of Topliss-reactive ketones (excluding diaryl/α,β-unsaturated/α-hetero) is 1. The standard InChI is InChI=1S/C33H43N3O13/c1-17-4-5-20(38)28-27(17)33-10-13-36(3)18(2)32(33,16-19(37)7-11-34-24(41)14-21(39)30(44)45)9-6-23(29(33)49-28)48-26(43)8-12-35-25(42)15-22(40)31(46)47/h4-6,18,21-22,29,38-40H,7-16H2,1-3H3,(H,34,41)(H,35,42)(H,44,45)(H,46,47)/t18-,21+,22+,29+,32-,33+/m1/s1. The summed E-state index contributed by atoms with van der Waals surface area (Å²) >= 11 is 0. The van der Waals surface area contributed by atoms with Gasteiger partial charge in [0.15, 0.2) is 29.8 Å². The molecule has 2 amide bonds. The van der Waals surface area contributed by atoms with Crippen LogP contribution in [0.4, 0.5) is 0 Å². The van der Waals surface area contributed by atoms with Crippen LogP contribution in [0.1, 0.15) is 63.0 Å². The number of benzene rings is 1. The number of amides is 2. The highest BCUT2D eigenvalue weighted by molar-refractivity contribution is 5.85. The number of aromatic hydroxyl groups is 1. The quantitative estimate of drug-likeness (QED) is 0.119. The van der Waals surface area contributed by atoms with Gasteiger partial charge in [-0.25, -0.2) is 9.59 Å². The van der Waals surface area contributed by atoms with Crippen LogP contribution in [0.2, 0.25) is 0 Å². The molecular weight excluding hydrogens is 646 g/mol. The summed E-state index contributed by atoms with van der Waals surface area (Å²) in [4.78, 5) is 74.6. The number of carbonyl (C=O) groups is 6. The molecule has 0 saturated carbocycles. The van der Waals surface area contributed by atoms with Crippen LogP contribution in [-0.4, -0.2) is 117 Å². The Labute approximate surface area is 282 Å². The highest BCUT2D eigenvalue weighted by Gasteiger charge is 2.69. The zero-order valence-electron chi connectivity index (χ0n) is 27.6. The zero-order valence-corrected chi connectivity index (χ0v) is 27.6. The number of phenolic OH excluding ortho intramolecular Hbond substituents is 1. The fourth-order valence-corrected chi connectivity index (χ4v) is 7.50. The molecule has 49 heavy (non-hydrogen) atoms. The minimum absolute atomic E-state index is 0.0342. The van der Waals surface area contributed by atoms with Crippen molar-refractivity contribution >= 4 is 35.5 Å². The largest absolute Gasteiger partial charge is 0.504 e. The summed E-state index contributed by atoms with van der Waals surface area (Å²) in [5, 5.41) is 52.3. The summed E-state index contributed by atoms with van der Waals surface area (Å²) < 4.78 is 12.3. The highest BCUT2D eigenvalue weighted by Crippen LogP contribution is 2.67. The van der Waals surface area contributed by atoms with Crippen molar-refractivity contribution in [2.24, 2.45) is 5.41 Å². The molecule has 0 bridgehead atoms. The molecule has 1 aliphatic carbocycles. The van der Waals surface area contributed by atoms with E-state index in [1.807, 2.05) is 20.9 Å². The van der Waals surface area contributed by atoms with Crippen molar-refractivity contribution in [2.75, 3.05) is 26.7 Å². The van der Waals surface area contributed by atoms with Crippen molar-refractivity contribution in [2.45, 2.75) is 88.6 Å². The molecule has 3 aliphatic rings. The molecule has 6 atom stereocenters. The van der Waals surface area contributed by atoms with Gasteiger partial charge >= 0.3 is 17.9 Å². The van der Waals surface area contributed by atoms with Gasteiger partial charge in [-0.3, -0.25) is 19.2 Å². The fraction of sp³-hybridized carbons (Fsp3) is 0.576. The number of ketones is 1. The maximum Gasteiger partial charge on any atom is 0.333 e. The summed E-state index contributed by atoms with van der Waals surface area (Å²) in [7, 11) is 1.95. The van der Waals surface area contributed by atoms with Crippen LogP contribution in [-0.2, 0) is 38.9 Å². The number of phenols is 1. The Morgan fingerprint density at radius 2 is 1.59 bits per heavy atom. The molecule has 16 nitrogen and oxygen atoms in total. The monoisotopic (exact) mass is 689 g/mol. The number of nitrogens with one attached hydrogen (secondary N) is 2. The second-order valence-corrected chi connectivity index (χ2v) is 13.0. The molecule has 2 aliphatic heterocycles. The number of carboxylic acid groups (broad SMARTS) is 2. The van der Waals surface area contributed by atoms with Crippen LogP contribution in [0.25, 0.3) is 0 Å². The molecule has 0 unspecified atom stereocenters. The predicted molar refractivity (Wildman–Crippen MR) is 168 cm³/mol. The van der Waals surface area contributed by atoms with Crippen LogP contribution < -0.4 is 15.4 Å². The van der Waals surface area contributed by atoms with E-state index in [0.717, 1.165) is 5.56 Å². The van der Waals surface area contributed by atoms with Gasteiger partial charge in [-0.1, -0.05) is 6.07 Å². The van der Waals surface area contributed by atoms with E-state index in [1.54, 1.807) is 12.1 Å². The van der Waals surface area contributed by atoms with Crippen LogP contribution in [0, 0.1) is 12.3 Å². The lowest BCUT2D eigenvalue weighted by molar-refractivity contribution is -0.149. The normalized spacial score (nSPS) is 25.3. The second-order valence-electron chi connectivity index (χ2n) is 13.0. The Morgan fingerprint density at radius 1 is 1.00 bits per heavy atom. The maximum atomic E-state index is 13.7. The Hall–Kier alpha value is -4.54. The molecule has 268 valence electrons. The lowest BCUT2D eigenvalue weighted by Crippen LogP contribution is -2.67. The van der Waals surface area contributed by atoms with Crippen molar-refractivity contribution in [3.63, 3.8) is 0 Å². The number of aryl methyl sites for hydroxylation is 1. The second kappa shape index (κ2) is 14.9. The molecule has 4 rings (SSSR count). The SMILES string of the molecule is Cc1ccc(O)c2c1[C@]13CCN(C)[C@H](C)[C@]1(CC(=O)CCNC(=O)C[C@H](O)C(=O)O)CC=C(OC(=O)CCNC(=O)C[C@H](O)C(=O)O)[C@@H]3O2. The number of ether oxygens (including phenoxy) is 2. The number of esters is 1. The molecular formula is C33H43N3O13. The number of likely N-dealkylation sites (tertiary alicyclic amines) is 1. The first-order valence-electron chi connectivity index (χ1n) is 16.0. The number of aliphatic hydroxyl groups excluding tert-OH is 2. The minimum Gasteiger partial charge on any atom is -0.504 e. The first-order valence-corrected chi connectivity index (χ1v) is 16.0. The average Bonchev–Trinajstić information content (AvgIpc) is 3.39. The first kappa shape index (κ1) is 37.3. The molecule has 16 heteroatoms. The van der Waals surface area contributed by atoms with Crippen LogP contribution in [0.15, 0.2) is 24.0 Å². The number of allylic oxidation sites excluding steroid dienone is 1. The molecule has 1 spiro atoms. The van der Waals surface area contributed by atoms with Gasteiger partial charge in [0, 0.05) is 43.0 Å². The minimum atomic E-state index is -1.88. The van der Waals surface area contributed by atoms with E-state index in [-0.39, 0.29) is 67.9 Å². The topological polar surface area (TPSA) is 249 Å². The molecule has 1 aromatic rings. The van der Waals surface area contributed by atoms with E-state index >= 15 is 0 Å². The fourth-order valence-electron chi connectivity index (χ4n) is 7.50. The third-order valence-corrected chi connectivity index (χ3v) is 10.1. The molecule has 0 radical (unpaired) electrons. The number of rotatable bonds is 15. The van der Waals surface area contributed by atoms with Gasteiger partial charge in [0.1, 0.15) is 11.5 Å². The van der Waals surface area contributed by atoms with Crippen LogP contribution in [0.3, 0.4) is 0 Å². The Morgan fingerprint density at radius 3 is 2.18 bits per heavy atom. The van der Waals surface area contributed by atoms with E-state index in [0.29, 0.717) is 18.5 Å². The number of hydrogen-bond donors (Lipinski definition) is 7. The molecule has 7 N–H and O–H groups in total. The molecule has 0 aromatic heterocycles. The van der Waals surface area contributed by atoms with Gasteiger partial charge in [0.2, 0.25) is 11.8 Å². The predicted octanol–water partition coefficient (Wildman–Crippen LogP) is -0.116. The number of piperidine rings is 1.